The van der Waals surface area contributed by atoms with Crippen LogP contribution in [0, 0.1) is 24.2 Å². The molecule has 1 aliphatic carbocycles. The number of benzene rings is 1. The Hall–Kier alpha value is -2.42. The Bertz CT molecular complexity index is 1390. The molecule has 4 heterocycles. The minimum Gasteiger partial charge on any atom is -0.489 e. The van der Waals surface area contributed by atoms with Gasteiger partial charge in [0.25, 0.3) is 0 Å². The summed E-state index contributed by atoms with van der Waals surface area (Å²) in [6.07, 6.45) is 2.03. The number of likely N-dealkylation sites (tertiary alicyclic amines) is 1. The van der Waals surface area contributed by atoms with Crippen LogP contribution < -0.4 is 10.1 Å². The van der Waals surface area contributed by atoms with Crippen molar-refractivity contribution in [3.05, 3.63) is 33.7 Å². The molecule has 3 fully saturated rings. The van der Waals surface area contributed by atoms with Crippen LogP contribution in [0.15, 0.2) is 18.2 Å². The summed E-state index contributed by atoms with van der Waals surface area (Å²) < 4.78 is 9.49. The zero-order chi connectivity index (χ0) is 25.5. The maximum absolute atomic E-state index is 12.9. The van der Waals surface area contributed by atoms with Gasteiger partial charge in [0.1, 0.15) is 17.4 Å². The summed E-state index contributed by atoms with van der Waals surface area (Å²) in [6, 6.07) is 6.30. The first-order valence-electron chi connectivity index (χ1n) is 12.6. The van der Waals surface area contributed by atoms with Crippen LogP contribution in [0.1, 0.15) is 44.1 Å². The molecule has 36 heavy (non-hydrogen) atoms. The zero-order valence-corrected chi connectivity index (χ0v) is 22.8. The standard InChI is InChI=1S/C27H31ClN4O3S/c1-13-8-15(28)10-18(23(13)35-16-6-7-29-14(2)9-16)22-24-19(30-31(22)5)11-17(36-24)12-32-25(33)20-21(26(32)34)27(20,3)4/h8,10-11,14,16,20-21,29H,6-7,9,12H2,1-5H3. The molecule has 2 aromatic heterocycles. The monoisotopic (exact) mass is 526 g/mol. The van der Waals surface area contributed by atoms with Gasteiger partial charge in [0.15, 0.2) is 0 Å². The highest BCUT2D eigenvalue weighted by Crippen LogP contribution is 2.63. The van der Waals surface area contributed by atoms with Gasteiger partial charge in [-0.25, -0.2) is 0 Å². The number of nitrogens with one attached hydrogen (secondary N) is 1. The van der Waals surface area contributed by atoms with E-state index in [0.29, 0.717) is 17.6 Å². The predicted octanol–water partition coefficient (Wildman–Crippen LogP) is 4.92. The summed E-state index contributed by atoms with van der Waals surface area (Å²) in [5.74, 6) is 0.423. The molecule has 4 atom stereocenters. The van der Waals surface area contributed by atoms with Gasteiger partial charge in [-0.15, -0.1) is 11.3 Å². The second-order valence-electron chi connectivity index (χ2n) is 11.2. The Kier molecular flexibility index (Phi) is 5.52. The molecule has 0 bridgehead atoms. The van der Waals surface area contributed by atoms with Gasteiger partial charge >= 0.3 is 0 Å². The largest absolute Gasteiger partial charge is 0.489 e. The van der Waals surface area contributed by atoms with Crippen molar-refractivity contribution >= 4 is 45.0 Å². The smallest absolute Gasteiger partial charge is 0.234 e. The van der Waals surface area contributed by atoms with E-state index in [0.717, 1.165) is 57.1 Å². The number of ether oxygens (including phenoxy) is 1. The van der Waals surface area contributed by atoms with E-state index in [1.54, 1.807) is 11.3 Å². The fourth-order valence-corrected chi connectivity index (χ4v) is 7.59. The maximum Gasteiger partial charge on any atom is 0.234 e. The molecule has 3 aliphatic rings. The van der Waals surface area contributed by atoms with Crippen LogP contribution in [-0.2, 0) is 23.2 Å². The van der Waals surface area contributed by atoms with Crippen LogP contribution in [0.3, 0.4) is 0 Å². The van der Waals surface area contributed by atoms with E-state index < -0.39 is 0 Å². The number of hydrogen-bond acceptors (Lipinski definition) is 6. The molecule has 2 aliphatic heterocycles. The number of amides is 2. The van der Waals surface area contributed by atoms with E-state index in [2.05, 4.69) is 12.2 Å². The first-order valence-corrected chi connectivity index (χ1v) is 13.8. The third-order valence-electron chi connectivity index (χ3n) is 8.12. The number of nitrogens with zero attached hydrogens (tertiary/aromatic N) is 3. The number of fused-ring (bicyclic) bond motifs is 2. The van der Waals surface area contributed by atoms with E-state index in [-0.39, 0.29) is 35.2 Å². The van der Waals surface area contributed by atoms with Gasteiger partial charge < -0.3 is 10.1 Å². The first-order chi connectivity index (χ1) is 17.1. The summed E-state index contributed by atoms with van der Waals surface area (Å²) in [5, 5.41) is 8.89. The van der Waals surface area contributed by atoms with Crippen molar-refractivity contribution in [2.75, 3.05) is 6.54 Å². The van der Waals surface area contributed by atoms with Crippen molar-refractivity contribution in [3.63, 3.8) is 0 Å². The molecule has 1 saturated carbocycles. The molecule has 190 valence electrons. The molecule has 4 unspecified atom stereocenters. The maximum atomic E-state index is 12.9. The molecule has 9 heteroatoms. The molecule has 7 nitrogen and oxygen atoms in total. The van der Waals surface area contributed by atoms with Gasteiger partial charge in [-0.05, 0) is 62.4 Å². The lowest BCUT2D eigenvalue weighted by atomic mass is 10.0. The number of aromatic nitrogens is 2. The summed E-state index contributed by atoms with van der Waals surface area (Å²) >= 11 is 8.10. The summed E-state index contributed by atoms with van der Waals surface area (Å²) in [4.78, 5) is 28.1. The number of aryl methyl sites for hydroxylation is 2. The molecule has 0 radical (unpaired) electrons. The van der Waals surface area contributed by atoms with Gasteiger partial charge in [-0.1, -0.05) is 25.4 Å². The normalized spacial score (nSPS) is 27.1. The van der Waals surface area contributed by atoms with Gasteiger partial charge in [-0.3, -0.25) is 19.2 Å². The topological polar surface area (TPSA) is 76.5 Å². The van der Waals surface area contributed by atoms with Crippen LogP contribution in [0.4, 0.5) is 0 Å². The third-order valence-corrected chi connectivity index (χ3v) is 9.45. The van der Waals surface area contributed by atoms with Crippen molar-refractivity contribution in [2.24, 2.45) is 24.3 Å². The molecule has 0 spiro atoms. The van der Waals surface area contributed by atoms with E-state index in [1.807, 2.05) is 50.7 Å². The first kappa shape index (κ1) is 23.9. The minimum absolute atomic E-state index is 0.0424. The number of halogens is 1. The van der Waals surface area contributed by atoms with Crippen LogP contribution in [0.2, 0.25) is 5.02 Å². The van der Waals surface area contributed by atoms with Gasteiger partial charge in [0.2, 0.25) is 11.8 Å². The fraction of sp³-hybridized carbons (Fsp3) is 0.519. The summed E-state index contributed by atoms with van der Waals surface area (Å²) in [7, 11) is 1.93. The Balaban J connectivity index is 1.35. The van der Waals surface area contributed by atoms with E-state index in [4.69, 9.17) is 21.4 Å². The van der Waals surface area contributed by atoms with Crippen LogP contribution in [0.5, 0.6) is 5.75 Å². The van der Waals surface area contributed by atoms with Crippen molar-refractivity contribution in [1.29, 1.82) is 0 Å². The van der Waals surface area contributed by atoms with Crippen LogP contribution in [0.25, 0.3) is 21.5 Å². The molecule has 3 aromatic rings. The number of hydrogen-bond donors (Lipinski definition) is 1. The second kappa shape index (κ2) is 8.30. The minimum atomic E-state index is -0.201. The van der Waals surface area contributed by atoms with Gasteiger partial charge in [0, 0.05) is 28.6 Å². The molecule has 6 rings (SSSR count). The number of thiophene rings is 1. The fourth-order valence-electron chi connectivity index (χ4n) is 6.15. The molecule has 1 N–H and O–H groups in total. The van der Waals surface area contributed by atoms with Crippen LogP contribution in [-0.4, -0.2) is 45.2 Å². The Morgan fingerprint density at radius 3 is 2.64 bits per heavy atom. The Morgan fingerprint density at radius 1 is 1.22 bits per heavy atom. The van der Waals surface area contributed by atoms with Crippen LogP contribution >= 0.6 is 22.9 Å². The van der Waals surface area contributed by atoms with Crippen molar-refractivity contribution in [2.45, 2.75) is 59.2 Å². The quantitative estimate of drug-likeness (QED) is 0.477. The zero-order valence-electron chi connectivity index (χ0n) is 21.2. The molecule has 2 amide bonds. The Morgan fingerprint density at radius 2 is 1.94 bits per heavy atom. The van der Waals surface area contributed by atoms with Gasteiger partial charge in [-0.2, -0.15) is 5.10 Å². The molecular weight excluding hydrogens is 496 g/mol. The van der Waals surface area contributed by atoms with E-state index in [9.17, 15) is 9.59 Å². The lowest BCUT2D eigenvalue weighted by Gasteiger charge is -2.30. The number of imide groups is 1. The predicted molar refractivity (Wildman–Crippen MR) is 141 cm³/mol. The van der Waals surface area contributed by atoms with Crippen molar-refractivity contribution in [3.8, 4) is 17.0 Å². The average Bonchev–Trinajstić information content (AvgIpc) is 3.03. The lowest BCUT2D eigenvalue weighted by molar-refractivity contribution is -0.143. The average molecular weight is 527 g/mol. The Labute approximate surface area is 219 Å². The number of rotatable bonds is 5. The summed E-state index contributed by atoms with van der Waals surface area (Å²) in [6.45, 7) is 9.45. The number of carbonyl (C=O) groups excluding carboxylic acids is 2. The second-order valence-corrected chi connectivity index (χ2v) is 12.7. The SMILES string of the molecule is Cc1cc(Cl)cc(-c2c3sc(CN4C(=O)C5C(C4=O)C5(C)C)cc3nn2C)c1OC1CCNC(C)C1. The van der Waals surface area contributed by atoms with Crippen molar-refractivity contribution in [1.82, 2.24) is 20.0 Å². The van der Waals surface area contributed by atoms with E-state index >= 15 is 0 Å². The lowest BCUT2D eigenvalue weighted by Crippen LogP contribution is -2.40. The number of piperidine rings is 2. The van der Waals surface area contributed by atoms with E-state index in [1.165, 1.54) is 4.90 Å². The third kappa shape index (κ3) is 3.68. The highest BCUT2D eigenvalue weighted by Gasteiger charge is 2.72. The molecular formula is C27H31ClN4O3S. The summed E-state index contributed by atoms with van der Waals surface area (Å²) in [5.41, 5.74) is 3.49. The number of carbonyl (C=O) groups is 2. The molecule has 1 aromatic carbocycles. The molecule has 2 saturated heterocycles. The van der Waals surface area contributed by atoms with Gasteiger partial charge in [0.05, 0.1) is 28.8 Å². The highest BCUT2D eigenvalue weighted by molar-refractivity contribution is 7.19. The van der Waals surface area contributed by atoms with Crippen molar-refractivity contribution < 1.29 is 14.3 Å². The highest BCUT2D eigenvalue weighted by atomic mass is 35.5.